The summed E-state index contributed by atoms with van der Waals surface area (Å²) in [4.78, 5) is 16.8. The van der Waals surface area contributed by atoms with Crippen molar-refractivity contribution in [1.82, 2.24) is 4.98 Å². The number of amides is 1. The molecule has 4 aromatic rings. The second-order valence-electron chi connectivity index (χ2n) is 6.37. The number of halogens is 1. The number of benzene rings is 2. The molecule has 0 atom stereocenters. The second kappa shape index (κ2) is 7.44. The van der Waals surface area contributed by atoms with Gasteiger partial charge in [-0.3, -0.25) is 4.79 Å². The zero-order valence-electron chi connectivity index (χ0n) is 15.3. The van der Waals surface area contributed by atoms with Crippen molar-refractivity contribution in [3.63, 3.8) is 0 Å². The predicted octanol–water partition coefficient (Wildman–Crippen LogP) is 5.19. The summed E-state index contributed by atoms with van der Waals surface area (Å²) in [5.74, 6) is -0.471. The molecule has 0 saturated heterocycles. The fourth-order valence-electron chi connectivity index (χ4n) is 2.95. The average molecular weight is 396 g/mol. The van der Waals surface area contributed by atoms with E-state index in [1.165, 1.54) is 24.5 Å². The number of hydrogen-bond acceptors (Lipinski definition) is 5. The van der Waals surface area contributed by atoms with E-state index in [2.05, 4.69) is 10.3 Å². The van der Waals surface area contributed by atoms with Crippen LogP contribution in [0.5, 0.6) is 5.75 Å². The first-order valence-corrected chi connectivity index (χ1v) is 9.47. The number of nitrogens with zero attached hydrogens (tertiary/aromatic N) is 1. The minimum Gasteiger partial charge on any atom is -0.494 e. The zero-order chi connectivity index (χ0) is 19.7. The number of thiazole rings is 1. The number of hydrogen-bond donors (Lipinski definition) is 1. The van der Waals surface area contributed by atoms with Crippen LogP contribution < -0.4 is 10.1 Å². The summed E-state index contributed by atoms with van der Waals surface area (Å²) < 4.78 is 24.3. The lowest BCUT2D eigenvalue weighted by Crippen LogP contribution is -2.13. The molecule has 2 aromatic carbocycles. The summed E-state index contributed by atoms with van der Waals surface area (Å²) in [7, 11) is 1.42. The minimum atomic E-state index is -0.458. The third kappa shape index (κ3) is 3.61. The van der Waals surface area contributed by atoms with Gasteiger partial charge in [0, 0.05) is 21.9 Å². The molecule has 4 rings (SSSR count). The largest absolute Gasteiger partial charge is 0.494 e. The van der Waals surface area contributed by atoms with Crippen LogP contribution in [0.25, 0.3) is 22.2 Å². The molecule has 2 aromatic heterocycles. The number of nitrogens with one attached hydrogen (secondary N) is 1. The van der Waals surface area contributed by atoms with Crippen LogP contribution in [-0.4, -0.2) is 18.0 Å². The third-order valence-electron chi connectivity index (χ3n) is 4.36. The van der Waals surface area contributed by atoms with Gasteiger partial charge in [-0.05, 0) is 36.8 Å². The molecule has 0 bridgehead atoms. The average Bonchev–Trinajstić information content (AvgIpc) is 3.28. The van der Waals surface area contributed by atoms with Gasteiger partial charge in [0.05, 0.1) is 25.5 Å². The Bertz CT molecular complexity index is 1170. The summed E-state index contributed by atoms with van der Waals surface area (Å²) in [6, 6.07) is 10.5. The monoisotopic (exact) mass is 396 g/mol. The molecular formula is C21H17FN2O3S. The minimum absolute atomic E-state index is 0.176. The number of aromatic nitrogens is 1. The normalized spacial score (nSPS) is 11.0. The van der Waals surface area contributed by atoms with Crippen molar-refractivity contribution in [3.05, 3.63) is 65.0 Å². The summed E-state index contributed by atoms with van der Waals surface area (Å²) in [5, 5.41) is 5.95. The summed E-state index contributed by atoms with van der Waals surface area (Å²) in [6.07, 6.45) is 1.79. The number of fused-ring (bicyclic) bond motifs is 1. The number of aryl methyl sites for hydroxylation is 1. The van der Waals surface area contributed by atoms with E-state index in [-0.39, 0.29) is 18.1 Å². The van der Waals surface area contributed by atoms with Crippen LogP contribution in [0.2, 0.25) is 0 Å². The predicted molar refractivity (Wildman–Crippen MR) is 107 cm³/mol. The van der Waals surface area contributed by atoms with E-state index in [1.807, 2.05) is 25.1 Å². The van der Waals surface area contributed by atoms with Gasteiger partial charge in [0.25, 0.3) is 0 Å². The van der Waals surface area contributed by atoms with E-state index in [9.17, 15) is 9.18 Å². The number of carbonyl (C=O) groups excluding carboxylic acids is 1. The van der Waals surface area contributed by atoms with Crippen molar-refractivity contribution in [2.24, 2.45) is 0 Å². The van der Waals surface area contributed by atoms with Crippen molar-refractivity contribution < 1.29 is 18.3 Å². The number of ether oxygens (including phenoxy) is 1. The standard InChI is InChI=1S/C21H17FN2O3S/c1-12-3-5-15-14(10-27-19(15)7-12)9-20(25)24-21-23-17(11-28-21)13-4-6-18(26-2)16(22)8-13/h3-8,10-11H,9H2,1-2H3,(H,23,24,25). The van der Waals surface area contributed by atoms with Gasteiger partial charge in [0.15, 0.2) is 16.7 Å². The Hall–Kier alpha value is -3.19. The quantitative estimate of drug-likeness (QED) is 0.504. The van der Waals surface area contributed by atoms with Crippen LogP contribution in [0.4, 0.5) is 9.52 Å². The van der Waals surface area contributed by atoms with Gasteiger partial charge < -0.3 is 14.5 Å². The Balaban J connectivity index is 1.47. The Morgan fingerprint density at radius 3 is 2.93 bits per heavy atom. The van der Waals surface area contributed by atoms with Gasteiger partial charge in [-0.25, -0.2) is 9.37 Å². The molecule has 1 N–H and O–H groups in total. The summed E-state index contributed by atoms with van der Waals surface area (Å²) >= 11 is 1.29. The Labute approximate surface area is 164 Å². The fourth-order valence-corrected chi connectivity index (χ4v) is 3.69. The van der Waals surface area contributed by atoms with Gasteiger partial charge in [-0.1, -0.05) is 12.1 Å². The second-order valence-corrected chi connectivity index (χ2v) is 7.23. The molecule has 0 aliphatic carbocycles. The third-order valence-corrected chi connectivity index (χ3v) is 5.12. The van der Waals surface area contributed by atoms with Crippen LogP contribution in [-0.2, 0) is 11.2 Å². The number of furan rings is 1. The first kappa shape index (κ1) is 18.2. The summed E-state index contributed by atoms with van der Waals surface area (Å²) in [6.45, 7) is 1.99. The van der Waals surface area contributed by atoms with Crippen molar-refractivity contribution >= 4 is 33.3 Å². The number of anilines is 1. The lowest BCUT2D eigenvalue weighted by molar-refractivity contribution is -0.115. The molecule has 0 radical (unpaired) electrons. The molecule has 28 heavy (non-hydrogen) atoms. The van der Waals surface area contributed by atoms with Crippen LogP contribution >= 0.6 is 11.3 Å². The van der Waals surface area contributed by atoms with E-state index in [0.717, 1.165) is 22.1 Å². The zero-order valence-corrected chi connectivity index (χ0v) is 16.1. The molecule has 0 spiro atoms. The molecule has 0 saturated carbocycles. The number of methoxy groups -OCH3 is 1. The maximum atomic E-state index is 13.9. The Kier molecular flexibility index (Phi) is 4.83. The van der Waals surface area contributed by atoms with Gasteiger partial charge in [-0.15, -0.1) is 11.3 Å². The highest BCUT2D eigenvalue weighted by Gasteiger charge is 2.13. The van der Waals surface area contributed by atoms with Crippen LogP contribution in [0, 0.1) is 12.7 Å². The topological polar surface area (TPSA) is 64.4 Å². The van der Waals surface area contributed by atoms with E-state index in [0.29, 0.717) is 16.4 Å². The lowest BCUT2D eigenvalue weighted by atomic mass is 10.1. The SMILES string of the molecule is COc1ccc(-c2csc(NC(=O)Cc3coc4cc(C)ccc34)n2)cc1F. The number of rotatable bonds is 5. The Morgan fingerprint density at radius 1 is 1.29 bits per heavy atom. The van der Waals surface area contributed by atoms with Crippen molar-refractivity contribution in [2.45, 2.75) is 13.3 Å². The Morgan fingerprint density at radius 2 is 2.14 bits per heavy atom. The van der Waals surface area contributed by atoms with E-state index in [4.69, 9.17) is 9.15 Å². The molecule has 1 amide bonds. The molecule has 5 nitrogen and oxygen atoms in total. The van der Waals surface area contributed by atoms with E-state index >= 15 is 0 Å². The van der Waals surface area contributed by atoms with Crippen LogP contribution in [0.1, 0.15) is 11.1 Å². The first-order valence-electron chi connectivity index (χ1n) is 8.59. The highest BCUT2D eigenvalue weighted by atomic mass is 32.1. The van der Waals surface area contributed by atoms with Gasteiger partial charge in [-0.2, -0.15) is 0 Å². The molecule has 142 valence electrons. The summed E-state index contributed by atoms with van der Waals surface area (Å²) in [5.41, 5.74) is 3.89. The van der Waals surface area contributed by atoms with Crippen molar-refractivity contribution in [2.75, 3.05) is 12.4 Å². The first-order chi connectivity index (χ1) is 13.5. The van der Waals surface area contributed by atoms with Crippen LogP contribution in [0.15, 0.2) is 52.5 Å². The van der Waals surface area contributed by atoms with Gasteiger partial charge in [0.1, 0.15) is 5.58 Å². The molecule has 7 heteroatoms. The number of carbonyl (C=O) groups is 1. The molecule has 0 fully saturated rings. The molecule has 0 aliphatic heterocycles. The van der Waals surface area contributed by atoms with Crippen LogP contribution in [0.3, 0.4) is 0 Å². The molecular weight excluding hydrogens is 379 g/mol. The maximum absolute atomic E-state index is 13.9. The molecule has 2 heterocycles. The van der Waals surface area contributed by atoms with Gasteiger partial charge in [0.2, 0.25) is 5.91 Å². The fraction of sp³-hybridized carbons (Fsp3) is 0.143. The van der Waals surface area contributed by atoms with E-state index < -0.39 is 5.82 Å². The molecule has 0 unspecified atom stereocenters. The van der Waals surface area contributed by atoms with Gasteiger partial charge >= 0.3 is 0 Å². The van der Waals surface area contributed by atoms with Crippen molar-refractivity contribution in [1.29, 1.82) is 0 Å². The highest BCUT2D eigenvalue weighted by molar-refractivity contribution is 7.14. The lowest BCUT2D eigenvalue weighted by Gasteiger charge is -2.03. The highest BCUT2D eigenvalue weighted by Crippen LogP contribution is 2.29. The smallest absolute Gasteiger partial charge is 0.230 e. The van der Waals surface area contributed by atoms with Crippen molar-refractivity contribution in [3.8, 4) is 17.0 Å². The maximum Gasteiger partial charge on any atom is 0.230 e. The van der Waals surface area contributed by atoms with E-state index in [1.54, 1.807) is 23.8 Å². The molecule has 0 aliphatic rings.